The van der Waals surface area contributed by atoms with Crippen LogP contribution in [0.1, 0.15) is 11.1 Å². The van der Waals surface area contributed by atoms with Crippen molar-refractivity contribution in [3.63, 3.8) is 0 Å². The van der Waals surface area contributed by atoms with Crippen LogP contribution in [-0.2, 0) is 10.1 Å². The van der Waals surface area contributed by atoms with Crippen LogP contribution in [0.15, 0.2) is 47.4 Å². The highest BCUT2D eigenvalue weighted by Gasteiger charge is 2.18. The molecule has 0 radical (unpaired) electrons. The highest BCUT2D eigenvalue weighted by Crippen LogP contribution is 2.29. The molecule has 2 aromatic carbocycles. The highest BCUT2D eigenvalue weighted by molar-refractivity contribution is 7.87. The molecule has 2 rings (SSSR count). The van der Waals surface area contributed by atoms with Crippen molar-refractivity contribution in [2.75, 3.05) is 0 Å². The fourth-order valence-electron chi connectivity index (χ4n) is 1.56. The Morgan fingerprint density at radius 1 is 0.947 bits per heavy atom. The lowest BCUT2D eigenvalue weighted by Crippen LogP contribution is -2.09. The summed E-state index contributed by atoms with van der Waals surface area (Å²) < 4.78 is 29.0. The quantitative estimate of drug-likeness (QED) is 0.877. The summed E-state index contributed by atoms with van der Waals surface area (Å²) in [6, 6.07) is 10.9. The molecule has 0 heterocycles. The van der Waals surface area contributed by atoms with Crippen LogP contribution in [0.3, 0.4) is 0 Å². The molecule has 5 heteroatoms. The normalized spacial score (nSPS) is 11.3. The van der Waals surface area contributed by atoms with E-state index in [0.29, 0.717) is 0 Å². The molecule has 4 nitrogen and oxygen atoms in total. The minimum absolute atomic E-state index is 0.0546. The molecule has 0 atom stereocenters. The van der Waals surface area contributed by atoms with E-state index < -0.39 is 10.1 Å². The van der Waals surface area contributed by atoms with E-state index in [1.165, 1.54) is 24.3 Å². The fourth-order valence-corrected chi connectivity index (χ4v) is 2.49. The van der Waals surface area contributed by atoms with E-state index in [2.05, 4.69) is 0 Å². The summed E-state index contributed by atoms with van der Waals surface area (Å²) in [6.07, 6.45) is 0. The second-order valence-corrected chi connectivity index (χ2v) is 5.87. The first-order valence-electron chi connectivity index (χ1n) is 5.69. The molecule has 19 heavy (non-hydrogen) atoms. The highest BCUT2D eigenvalue weighted by atomic mass is 32.2. The summed E-state index contributed by atoms with van der Waals surface area (Å²) >= 11 is 0. The van der Waals surface area contributed by atoms with Gasteiger partial charge in [-0.2, -0.15) is 8.42 Å². The first-order valence-corrected chi connectivity index (χ1v) is 7.10. The number of benzene rings is 2. The van der Waals surface area contributed by atoms with Crippen LogP contribution in [0, 0.1) is 13.8 Å². The van der Waals surface area contributed by atoms with Gasteiger partial charge in [-0.05, 0) is 43.7 Å². The van der Waals surface area contributed by atoms with Crippen molar-refractivity contribution in [1.29, 1.82) is 0 Å². The summed E-state index contributed by atoms with van der Waals surface area (Å²) in [5.74, 6) is -0.276. The second kappa shape index (κ2) is 4.93. The first-order chi connectivity index (χ1) is 8.88. The minimum Gasteiger partial charge on any atom is -0.504 e. The van der Waals surface area contributed by atoms with Gasteiger partial charge in [-0.1, -0.05) is 23.8 Å². The predicted octanol–water partition coefficient (Wildman–Crippen LogP) is 2.78. The number of aromatic hydroxyl groups is 1. The Bertz CT molecular complexity index is 688. The standard InChI is InChI=1S/C14H14O4S/c1-10-3-6-12(7-4-10)19(16,17)18-14-9-11(2)5-8-13(14)15/h3-9,15H,1-2H3. The Labute approximate surface area is 112 Å². The average molecular weight is 278 g/mol. The smallest absolute Gasteiger partial charge is 0.339 e. The number of phenols is 1. The Morgan fingerprint density at radius 2 is 1.53 bits per heavy atom. The zero-order chi connectivity index (χ0) is 14.0. The molecular weight excluding hydrogens is 264 g/mol. The van der Waals surface area contributed by atoms with Crippen LogP contribution in [0.5, 0.6) is 11.5 Å². The van der Waals surface area contributed by atoms with E-state index in [9.17, 15) is 13.5 Å². The van der Waals surface area contributed by atoms with Crippen molar-refractivity contribution in [1.82, 2.24) is 0 Å². The molecule has 0 aromatic heterocycles. The largest absolute Gasteiger partial charge is 0.504 e. The van der Waals surface area contributed by atoms with Gasteiger partial charge >= 0.3 is 10.1 Å². The minimum atomic E-state index is -3.93. The SMILES string of the molecule is Cc1ccc(S(=O)(=O)Oc2cc(C)ccc2O)cc1. The monoisotopic (exact) mass is 278 g/mol. The Balaban J connectivity index is 2.36. The molecule has 0 aliphatic rings. The van der Waals surface area contributed by atoms with Crippen molar-refractivity contribution in [3.8, 4) is 11.5 Å². The molecular formula is C14H14O4S. The third kappa shape index (κ3) is 3.06. The molecule has 100 valence electrons. The molecule has 0 aliphatic carbocycles. The molecule has 2 aromatic rings. The van der Waals surface area contributed by atoms with E-state index in [1.54, 1.807) is 25.1 Å². The molecule has 0 unspecified atom stereocenters. The summed E-state index contributed by atoms with van der Waals surface area (Å²) in [5, 5.41) is 9.60. The van der Waals surface area contributed by atoms with E-state index >= 15 is 0 Å². The van der Waals surface area contributed by atoms with E-state index in [4.69, 9.17) is 4.18 Å². The van der Waals surface area contributed by atoms with Gasteiger partial charge in [0, 0.05) is 0 Å². The zero-order valence-electron chi connectivity index (χ0n) is 10.6. The molecule has 0 saturated heterocycles. The van der Waals surface area contributed by atoms with Gasteiger partial charge in [0.15, 0.2) is 11.5 Å². The summed E-state index contributed by atoms with van der Waals surface area (Å²) in [5.41, 5.74) is 1.75. The maximum Gasteiger partial charge on any atom is 0.339 e. The average Bonchev–Trinajstić information content (AvgIpc) is 2.34. The Kier molecular flexibility index (Phi) is 3.48. The summed E-state index contributed by atoms with van der Waals surface area (Å²) in [4.78, 5) is 0.0546. The lowest BCUT2D eigenvalue weighted by atomic mass is 10.2. The number of rotatable bonds is 3. The van der Waals surface area contributed by atoms with Gasteiger partial charge in [0.25, 0.3) is 0 Å². The van der Waals surface area contributed by atoms with Crippen molar-refractivity contribution in [2.45, 2.75) is 18.7 Å². The molecule has 0 aliphatic heterocycles. The summed E-state index contributed by atoms with van der Waals surface area (Å²) in [6.45, 7) is 3.65. The van der Waals surface area contributed by atoms with Crippen molar-refractivity contribution in [2.24, 2.45) is 0 Å². The maximum absolute atomic E-state index is 12.0. The fraction of sp³-hybridized carbons (Fsp3) is 0.143. The van der Waals surface area contributed by atoms with Crippen LogP contribution in [0.2, 0.25) is 0 Å². The number of phenolic OH excluding ortho intramolecular Hbond substituents is 1. The molecule has 1 N–H and O–H groups in total. The molecule has 0 saturated carbocycles. The van der Waals surface area contributed by atoms with Gasteiger partial charge in [-0.25, -0.2) is 0 Å². The van der Waals surface area contributed by atoms with E-state index in [1.807, 2.05) is 6.92 Å². The van der Waals surface area contributed by atoms with Gasteiger partial charge in [0.2, 0.25) is 0 Å². The van der Waals surface area contributed by atoms with Crippen LogP contribution in [0.4, 0.5) is 0 Å². The lowest BCUT2D eigenvalue weighted by Gasteiger charge is -2.09. The topological polar surface area (TPSA) is 63.6 Å². The summed E-state index contributed by atoms with van der Waals surface area (Å²) in [7, 11) is -3.93. The molecule has 0 spiro atoms. The molecule has 0 fully saturated rings. The second-order valence-electron chi connectivity index (χ2n) is 4.32. The van der Waals surface area contributed by atoms with Crippen LogP contribution in [-0.4, -0.2) is 13.5 Å². The number of hydrogen-bond donors (Lipinski definition) is 1. The Morgan fingerprint density at radius 3 is 2.16 bits per heavy atom. The van der Waals surface area contributed by atoms with E-state index in [0.717, 1.165) is 11.1 Å². The van der Waals surface area contributed by atoms with Crippen LogP contribution in [0.25, 0.3) is 0 Å². The van der Waals surface area contributed by atoms with Gasteiger partial charge in [-0.3, -0.25) is 0 Å². The third-order valence-corrected chi connectivity index (χ3v) is 3.87. The molecule has 0 amide bonds. The van der Waals surface area contributed by atoms with Crippen LogP contribution >= 0.6 is 0 Å². The van der Waals surface area contributed by atoms with E-state index in [-0.39, 0.29) is 16.4 Å². The van der Waals surface area contributed by atoms with Gasteiger partial charge in [0.1, 0.15) is 4.90 Å². The van der Waals surface area contributed by atoms with Crippen molar-refractivity contribution in [3.05, 3.63) is 53.6 Å². The third-order valence-electron chi connectivity index (χ3n) is 2.62. The first kappa shape index (κ1) is 13.4. The zero-order valence-corrected chi connectivity index (χ0v) is 11.4. The lowest BCUT2D eigenvalue weighted by molar-refractivity contribution is 0.428. The van der Waals surface area contributed by atoms with Gasteiger partial charge in [0.05, 0.1) is 0 Å². The Hall–Kier alpha value is -2.01. The number of hydrogen-bond acceptors (Lipinski definition) is 4. The molecule has 0 bridgehead atoms. The van der Waals surface area contributed by atoms with Gasteiger partial charge in [-0.15, -0.1) is 0 Å². The number of aryl methyl sites for hydroxylation is 2. The van der Waals surface area contributed by atoms with Crippen molar-refractivity contribution >= 4 is 10.1 Å². The maximum atomic E-state index is 12.0. The van der Waals surface area contributed by atoms with Gasteiger partial charge < -0.3 is 9.29 Å². The van der Waals surface area contributed by atoms with Crippen molar-refractivity contribution < 1.29 is 17.7 Å². The predicted molar refractivity (Wildman–Crippen MR) is 71.8 cm³/mol. The van der Waals surface area contributed by atoms with Crippen LogP contribution < -0.4 is 4.18 Å².